The Hall–Kier alpha value is -1.84. The molecule has 0 heterocycles. The highest BCUT2D eigenvalue weighted by Gasteiger charge is 2.41. The van der Waals surface area contributed by atoms with Crippen molar-refractivity contribution in [1.29, 1.82) is 0 Å². The molecule has 0 aromatic heterocycles. The van der Waals surface area contributed by atoms with E-state index >= 15 is 0 Å². The van der Waals surface area contributed by atoms with Gasteiger partial charge >= 0.3 is 17.7 Å². The number of amides is 2. The number of carbonyl (C=O) groups is 1. The number of rotatable bonds is 6. The number of halogens is 6. The van der Waals surface area contributed by atoms with Crippen LogP contribution in [-0.4, -0.2) is 24.8 Å². The van der Waals surface area contributed by atoms with Gasteiger partial charge in [0, 0.05) is 17.6 Å². The fourth-order valence-corrected chi connectivity index (χ4v) is 3.06. The lowest BCUT2D eigenvalue weighted by Gasteiger charge is -2.15. The van der Waals surface area contributed by atoms with Crippen molar-refractivity contribution in [2.24, 2.45) is 0 Å². The topological polar surface area (TPSA) is 50.4 Å². The number of nitrogens with one attached hydrogen (secondary N) is 2. The molecule has 11 heteroatoms. The van der Waals surface area contributed by atoms with E-state index in [1.54, 1.807) is 0 Å². The minimum atomic E-state index is -4.19. The van der Waals surface area contributed by atoms with Gasteiger partial charge in [-0.25, -0.2) is 13.6 Å². The van der Waals surface area contributed by atoms with Crippen LogP contribution < -0.4 is 15.4 Å². The average Bonchev–Trinajstić information content (AvgIpc) is 2.59. The van der Waals surface area contributed by atoms with E-state index in [1.807, 2.05) is 0 Å². The summed E-state index contributed by atoms with van der Waals surface area (Å²) in [4.78, 5) is 11.3. The molecule has 2 aromatic rings. The molecule has 0 atom stereocenters. The van der Waals surface area contributed by atoms with Gasteiger partial charge in [0.05, 0.1) is 10.0 Å². The number of hydrogen-bond donors (Lipinski definition) is 2. The third-order valence-electron chi connectivity index (χ3n) is 3.03. The normalized spacial score (nSPS) is 11.4. The third kappa shape index (κ3) is 5.82. The molecule has 0 saturated heterocycles. The highest BCUT2D eigenvalue weighted by atomic mass is 35.5. The first kappa shape index (κ1) is 21.5. The molecule has 0 unspecified atom stereocenters. The molecule has 146 valence electrons. The molecule has 0 radical (unpaired) electrons. The molecule has 0 fully saturated rings. The highest BCUT2D eigenvalue weighted by Crippen LogP contribution is 2.42. The number of alkyl halides is 4. The Morgan fingerprint density at radius 3 is 2.19 bits per heavy atom. The molecule has 0 spiro atoms. The van der Waals surface area contributed by atoms with Gasteiger partial charge in [-0.05, 0) is 48.2 Å². The zero-order valence-electron chi connectivity index (χ0n) is 13.5. The van der Waals surface area contributed by atoms with Crippen molar-refractivity contribution in [2.45, 2.75) is 16.6 Å². The van der Waals surface area contributed by atoms with Crippen LogP contribution in [0.2, 0.25) is 10.0 Å². The SMILES string of the molecule is CNC(=O)Nc1cc(Cl)c(Oc2ccc(SC(F)(F)C(F)F)cc2)c(Cl)c1. The quantitative estimate of drug-likeness (QED) is 0.397. The average molecular weight is 443 g/mol. The van der Waals surface area contributed by atoms with E-state index in [2.05, 4.69) is 10.6 Å². The van der Waals surface area contributed by atoms with Crippen molar-refractivity contribution >= 4 is 46.7 Å². The van der Waals surface area contributed by atoms with Crippen molar-refractivity contribution in [3.8, 4) is 11.5 Å². The molecule has 2 aromatic carbocycles. The Balaban J connectivity index is 2.14. The predicted octanol–water partition coefficient (Wildman–Crippen LogP) is 6.49. The molecule has 0 bridgehead atoms. The van der Waals surface area contributed by atoms with Gasteiger partial charge in [-0.2, -0.15) is 8.78 Å². The van der Waals surface area contributed by atoms with Gasteiger partial charge < -0.3 is 15.4 Å². The van der Waals surface area contributed by atoms with Crippen LogP contribution in [0.1, 0.15) is 0 Å². The van der Waals surface area contributed by atoms with Crippen LogP contribution in [-0.2, 0) is 0 Å². The number of urea groups is 1. The molecular formula is C16H12Cl2F4N2O2S. The number of carbonyl (C=O) groups excluding carboxylic acids is 1. The first-order valence-electron chi connectivity index (χ1n) is 7.23. The largest absolute Gasteiger partial charge is 0.454 e. The molecule has 0 aliphatic heterocycles. The standard InChI is InChI=1S/C16H12Cl2F4N2O2S/c1-23-15(25)24-8-6-11(17)13(12(18)7-8)26-9-2-4-10(5-3-9)27-16(21,22)14(19)20/h2-7,14H,1H3,(H2,23,24,25). The number of ether oxygens (including phenoxy) is 1. The molecule has 0 aliphatic rings. The summed E-state index contributed by atoms with van der Waals surface area (Å²) in [7, 11) is 1.44. The Bertz CT molecular complexity index is 800. The van der Waals surface area contributed by atoms with Crippen LogP contribution in [0.25, 0.3) is 0 Å². The molecule has 4 nitrogen and oxygen atoms in total. The minimum absolute atomic E-state index is 0.0602. The molecular weight excluding hydrogens is 431 g/mol. The lowest BCUT2D eigenvalue weighted by Crippen LogP contribution is -2.24. The fourth-order valence-electron chi connectivity index (χ4n) is 1.82. The van der Waals surface area contributed by atoms with Crippen molar-refractivity contribution < 1.29 is 27.1 Å². The molecule has 2 amide bonds. The van der Waals surface area contributed by atoms with E-state index in [0.717, 1.165) is 0 Å². The molecule has 2 N–H and O–H groups in total. The second-order valence-electron chi connectivity index (χ2n) is 5.01. The Labute approximate surface area is 166 Å². The van der Waals surface area contributed by atoms with E-state index in [1.165, 1.54) is 43.4 Å². The van der Waals surface area contributed by atoms with E-state index in [-0.39, 0.29) is 38.2 Å². The van der Waals surface area contributed by atoms with E-state index < -0.39 is 17.7 Å². The van der Waals surface area contributed by atoms with Crippen molar-refractivity contribution in [3.05, 3.63) is 46.4 Å². The summed E-state index contributed by atoms with van der Waals surface area (Å²) in [6, 6.07) is 7.39. The van der Waals surface area contributed by atoms with Gasteiger partial charge in [0.1, 0.15) is 5.75 Å². The zero-order valence-corrected chi connectivity index (χ0v) is 15.9. The van der Waals surface area contributed by atoms with E-state index in [4.69, 9.17) is 27.9 Å². The Morgan fingerprint density at radius 1 is 1.15 bits per heavy atom. The van der Waals surface area contributed by atoms with Crippen LogP contribution in [0.4, 0.5) is 28.0 Å². The maximum Gasteiger partial charge on any atom is 0.357 e. The van der Waals surface area contributed by atoms with Crippen LogP contribution >= 0.6 is 35.0 Å². The van der Waals surface area contributed by atoms with Crippen molar-refractivity contribution in [3.63, 3.8) is 0 Å². The third-order valence-corrected chi connectivity index (χ3v) is 4.55. The maximum absolute atomic E-state index is 13.1. The number of benzene rings is 2. The van der Waals surface area contributed by atoms with E-state index in [0.29, 0.717) is 5.69 Å². The van der Waals surface area contributed by atoms with Crippen molar-refractivity contribution in [1.82, 2.24) is 5.32 Å². The number of thioether (sulfide) groups is 1. The summed E-state index contributed by atoms with van der Waals surface area (Å²) >= 11 is 11.9. The van der Waals surface area contributed by atoms with E-state index in [9.17, 15) is 22.4 Å². The zero-order chi connectivity index (χ0) is 20.2. The highest BCUT2D eigenvalue weighted by molar-refractivity contribution is 8.00. The summed E-state index contributed by atoms with van der Waals surface area (Å²) in [5.41, 5.74) is 0.331. The van der Waals surface area contributed by atoms with Gasteiger partial charge in [0.15, 0.2) is 5.75 Å². The smallest absolute Gasteiger partial charge is 0.357 e. The van der Waals surface area contributed by atoms with Gasteiger partial charge in [0.2, 0.25) is 0 Å². The summed E-state index contributed by atoms with van der Waals surface area (Å²) < 4.78 is 56.1. The van der Waals surface area contributed by atoms with Gasteiger partial charge in [0.25, 0.3) is 0 Å². The Morgan fingerprint density at radius 2 is 1.70 bits per heavy atom. The molecule has 27 heavy (non-hydrogen) atoms. The maximum atomic E-state index is 13.1. The second kappa shape index (κ2) is 8.90. The first-order chi connectivity index (χ1) is 12.6. The minimum Gasteiger partial charge on any atom is -0.454 e. The molecule has 2 rings (SSSR count). The van der Waals surface area contributed by atoms with Crippen molar-refractivity contribution in [2.75, 3.05) is 12.4 Å². The lowest BCUT2D eigenvalue weighted by molar-refractivity contribution is -0.0563. The van der Waals surface area contributed by atoms with Crippen LogP contribution in [0.3, 0.4) is 0 Å². The predicted molar refractivity (Wildman–Crippen MR) is 97.9 cm³/mol. The summed E-state index contributed by atoms with van der Waals surface area (Å²) in [5.74, 6) is 0.287. The number of anilines is 1. The van der Waals surface area contributed by atoms with Gasteiger partial charge in [-0.15, -0.1) is 0 Å². The van der Waals surface area contributed by atoms with Crippen LogP contribution in [0.5, 0.6) is 11.5 Å². The number of hydrogen-bond acceptors (Lipinski definition) is 3. The van der Waals surface area contributed by atoms with Crippen LogP contribution in [0.15, 0.2) is 41.3 Å². The summed E-state index contributed by atoms with van der Waals surface area (Å²) in [6.45, 7) is 0. The second-order valence-corrected chi connectivity index (χ2v) is 7.05. The monoisotopic (exact) mass is 442 g/mol. The lowest BCUT2D eigenvalue weighted by atomic mass is 10.3. The molecule has 0 aliphatic carbocycles. The summed E-state index contributed by atoms with van der Waals surface area (Å²) in [6.07, 6.45) is -3.78. The van der Waals surface area contributed by atoms with Gasteiger partial charge in [-0.3, -0.25) is 0 Å². The Kier molecular flexibility index (Phi) is 7.07. The fraction of sp³-hybridized carbons (Fsp3) is 0.188. The first-order valence-corrected chi connectivity index (χ1v) is 8.80. The van der Waals surface area contributed by atoms with Gasteiger partial charge in [-0.1, -0.05) is 23.2 Å². The van der Waals surface area contributed by atoms with Crippen LogP contribution in [0, 0.1) is 0 Å². The molecule has 0 saturated carbocycles. The summed E-state index contributed by atoms with van der Waals surface area (Å²) in [5, 5.41) is 0.855.